The van der Waals surface area contributed by atoms with E-state index in [1.807, 2.05) is 12.1 Å². The molecule has 11 heteroatoms. The lowest BCUT2D eigenvalue weighted by molar-refractivity contribution is -0.121. The molecule has 0 radical (unpaired) electrons. The van der Waals surface area contributed by atoms with Gasteiger partial charge in [0.15, 0.2) is 16.8 Å². The second kappa shape index (κ2) is 10.4. The smallest absolute Gasteiger partial charge is 0.262 e. The van der Waals surface area contributed by atoms with Crippen LogP contribution in [0.2, 0.25) is 5.02 Å². The van der Waals surface area contributed by atoms with Gasteiger partial charge in [0.05, 0.1) is 11.8 Å². The molecule has 3 aromatic carbocycles. The third-order valence-corrected chi connectivity index (χ3v) is 7.24. The van der Waals surface area contributed by atoms with Crippen LogP contribution in [0.4, 0.5) is 18.9 Å². The number of amidine groups is 1. The predicted octanol–water partition coefficient (Wildman–Crippen LogP) is 5.94. The van der Waals surface area contributed by atoms with Crippen molar-refractivity contribution < 1.29 is 22.8 Å². The molecule has 0 aliphatic carbocycles. The molecule has 0 saturated carbocycles. The highest BCUT2D eigenvalue weighted by Gasteiger charge is 2.39. The fourth-order valence-corrected chi connectivity index (χ4v) is 5.19. The first-order chi connectivity index (χ1) is 17.8. The van der Waals surface area contributed by atoms with Crippen LogP contribution in [-0.4, -0.2) is 33.0 Å². The summed E-state index contributed by atoms with van der Waals surface area (Å²) in [5.74, 6) is -3.52. The first-order valence-corrected chi connectivity index (χ1v) is 12.4. The molecular weight excluding hydrogens is 525 g/mol. The number of rotatable bonds is 5. The van der Waals surface area contributed by atoms with Crippen LogP contribution in [0.3, 0.4) is 0 Å². The molecule has 0 bridgehead atoms. The van der Waals surface area contributed by atoms with Crippen molar-refractivity contribution in [2.45, 2.75) is 24.1 Å². The summed E-state index contributed by atoms with van der Waals surface area (Å²) in [5, 5.41) is 8.89. The molecule has 37 heavy (non-hydrogen) atoms. The van der Waals surface area contributed by atoms with Crippen LogP contribution >= 0.6 is 23.4 Å². The normalized spacial score (nSPS) is 19.1. The summed E-state index contributed by atoms with van der Waals surface area (Å²) in [4.78, 5) is 29.3. The van der Waals surface area contributed by atoms with Gasteiger partial charge >= 0.3 is 0 Å². The third kappa shape index (κ3) is 5.55. The average molecular weight is 543 g/mol. The number of nitrogens with zero attached hydrogens (tertiary/aromatic N) is 3. The van der Waals surface area contributed by atoms with Crippen molar-refractivity contribution in [3.63, 3.8) is 0 Å². The lowest BCUT2D eigenvalue weighted by Crippen LogP contribution is -2.25. The molecular formula is C26H18ClF3N4O2S. The molecule has 5 rings (SSSR count). The zero-order valence-electron chi connectivity index (χ0n) is 19.0. The van der Waals surface area contributed by atoms with Crippen LogP contribution in [0, 0.1) is 17.5 Å². The number of halogens is 4. The second-order valence-corrected chi connectivity index (χ2v) is 10.00. The zero-order chi connectivity index (χ0) is 26.1. The third-order valence-electron chi connectivity index (χ3n) is 5.84. The van der Waals surface area contributed by atoms with E-state index in [0.717, 1.165) is 35.0 Å². The molecule has 0 unspecified atom stereocenters. The number of hydrogen-bond donors (Lipinski definition) is 1. The quantitative estimate of drug-likeness (QED) is 0.433. The van der Waals surface area contributed by atoms with E-state index in [0.29, 0.717) is 22.3 Å². The van der Waals surface area contributed by atoms with Crippen LogP contribution in [-0.2, 0) is 9.59 Å². The molecule has 0 spiro atoms. The van der Waals surface area contributed by atoms with E-state index < -0.39 is 28.7 Å². The summed E-state index contributed by atoms with van der Waals surface area (Å²) in [6.45, 7) is 0. The van der Waals surface area contributed by atoms with Crippen molar-refractivity contribution in [1.29, 1.82) is 0 Å². The minimum Gasteiger partial charge on any atom is -0.326 e. The predicted molar refractivity (Wildman–Crippen MR) is 137 cm³/mol. The molecule has 2 aliphatic heterocycles. The highest BCUT2D eigenvalue weighted by molar-refractivity contribution is 8.15. The summed E-state index contributed by atoms with van der Waals surface area (Å²) in [7, 11) is 0. The van der Waals surface area contributed by atoms with Gasteiger partial charge in [-0.05, 0) is 47.5 Å². The lowest BCUT2D eigenvalue weighted by Gasteiger charge is -2.23. The number of benzene rings is 3. The van der Waals surface area contributed by atoms with Gasteiger partial charge in [0.1, 0.15) is 11.1 Å². The molecule has 2 amide bonds. The average Bonchev–Trinajstić information content (AvgIpc) is 3.46. The Morgan fingerprint density at radius 1 is 1.03 bits per heavy atom. The Kier molecular flexibility index (Phi) is 7.03. The van der Waals surface area contributed by atoms with E-state index in [1.165, 1.54) is 18.2 Å². The number of aliphatic imine (C=N–C) groups is 1. The molecule has 188 valence electrons. The van der Waals surface area contributed by atoms with E-state index in [-0.39, 0.29) is 24.0 Å². The van der Waals surface area contributed by atoms with Gasteiger partial charge in [-0.25, -0.2) is 18.2 Å². The first-order valence-electron chi connectivity index (χ1n) is 11.2. The molecule has 2 heterocycles. The molecule has 0 fully saturated rings. The maximum absolute atomic E-state index is 13.5. The van der Waals surface area contributed by atoms with Gasteiger partial charge < -0.3 is 5.32 Å². The number of thioether (sulfide) groups is 1. The Balaban J connectivity index is 1.34. The second-order valence-electron chi connectivity index (χ2n) is 8.39. The summed E-state index contributed by atoms with van der Waals surface area (Å²) in [6.07, 6.45) is 0.256. The molecule has 0 saturated heterocycles. The molecule has 1 N–H and O–H groups in total. The van der Waals surface area contributed by atoms with Gasteiger partial charge in [0.25, 0.3) is 5.91 Å². The van der Waals surface area contributed by atoms with Crippen molar-refractivity contribution in [2.24, 2.45) is 10.1 Å². The Morgan fingerprint density at radius 2 is 1.76 bits per heavy atom. The van der Waals surface area contributed by atoms with E-state index >= 15 is 0 Å². The standard InChI is InChI=1S/C26H18ClF3N4O2S/c27-16-5-1-15(2-6-16)22-12-21(14-3-7-17(28)8-4-14)33-34(22)26-32-25(36)23(37-26)13-24(35)31-18-9-10-19(29)20(30)11-18/h1-11,22-23H,12-13H2,(H,31,35)/t22-,23-/m1/s1. The molecule has 0 aromatic heterocycles. The van der Waals surface area contributed by atoms with Crippen molar-refractivity contribution in [2.75, 3.05) is 5.32 Å². The number of hydrazone groups is 1. The highest BCUT2D eigenvalue weighted by Crippen LogP contribution is 2.39. The summed E-state index contributed by atoms with van der Waals surface area (Å²) < 4.78 is 40.0. The number of amides is 2. The van der Waals surface area contributed by atoms with Crippen LogP contribution in [0.1, 0.15) is 30.0 Å². The molecule has 3 aromatic rings. The Morgan fingerprint density at radius 3 is 2.46 bits per heavy atom. The minimum absolute atomic E-state index is 0.0800. The number of hydrogen-bond acceptors (Lipinski definition) is 5. The number of carbonyl (C=O) groups excluding carboxylic acids is 2. The van der Waals surface area contributed by atoms with Crippen molar-refractivity contribution >= 4 is 51.7 Å². The molecule has 2 atom stereocenters. The highest BCUT2D eigenvalue weighted by atomic mass is 35.5. The number of anilines is 1. The monoisotopic (exact) mass is 542 g/mol. The number of carbonyl (C=O) groups is 2. The maximum atomic E-state index is 13.5. The van der Waals surface area contributed by atoms with Gasteiger partial charge in [-0.1, -0.05) is 47.6 Å². The minimum atomic E-state index is -1.09. The molecule has 6 nitrogen and oxygen atoms in total. The summed E-state index contributed by atoms with van der Waals surface area (Å²) in [5.41, 5.74) is 2.40. The topological polar surface area (TPSA) is 74.1 Å². The maximum Gasteiger partial charge on any atom is 0.262 e. The fourth-order valence-electron chi connectivity index (χ4n) is 4.01. The van der Waals surface area contributed by atoms with E-state index in [9.17, 15) is 22.8 Å². The van der Waals surface area contributed by atoms with Crippen LogP contribution in [0.15, 0.2) is 76.8 Å². The van der Waals surface area contributed by atoms with E-state index in [2.05, 4.69) is 10.3 Å². The van der Waals surface area contributed by atoms with E-state index in [4.69, 9.17) is 16.7 Å². The molecule has 2 aliphatic rings. The Bertz CT molecular complexity index is 1430. The van der Waals surface area contributed by atoms with Crippen LogP contribution in [0.5, 0.6) is 0 Å². The van der Waals surface area contributed by atoms with Gasteiger partial charge in [-0.2, -0.15) is 10.1 Å². The SMILES string of the molecule is O=C(C[C@H]1SC(N2N=C(c3ccc(F)cc3)C[C@@H]2c2ccc(Cl)cc2)=NC1=O)Nc1ccc(F)c(F)c1. The van der Waals surface area contributed by atoms with Gasteiger partial charge in [-0.3, -0.25) is 9.59 Å². The van der Waals surface area contributed by atoms with E-state index in [1.54, 1.807) is 29.3 Å². The lowest BCUT2D eigenvalue weighted by atomic mass is 9.99. The van der Waals surface area contributed by atoms with Crippen molar-refractivity contribution in [1.82, 2.24) is 5.01 Å². The first kappa shape index (κ1) is 25.0. The Labute approximate surface area is 219 Å². The zero-order valence-corrected chi connectivity index (χ0v) is 20.6. The van der Waals surface area contributed by atoms with Gasteiger partial charge in [0.2, 0.25) is 5.91 Å². The summed E-state index contributed by atoms with van der Waals surface area (Å²) >= 11 is 7.15. The number of nitrogens with one attached hydrogen (secondary N) is 1. The summed E-state index contributed by atoms with van der Waals surface area (Å²) in [6, 6.07) is 15.9. The Hall–Kier alpha value is -3.63. The van der Waals surface area contributed by atoms with Gasteiger partial charge in [-0.15, -0.1) is 0 Å². The van der Waals surface area contributed by atoms with Crippen LogP contribution < -0.4 is 5.32 Å². The fraction of sp³-hybridized carbons (Fsp3) is 0.154. The van der Waals surface area contributed by atoms with Crippen LogP contribution in [0.25, 0.3) is 0 Å². The van der Waals surface area contributed by atoms with Crippen molar-refractivity contribution in [3.05, 3.63) is 100 Å². The largest absolute Gasteiger partial charge is 0.326 e. The van der Waals surface area contributed by atoms with Gasteiger partial charge in [0, 0.05) is 29.6 Å². The van der Waals surface area contributed by atoms with Crippen molar-refractivity contribution in [3.8, 4) is 0 Å².